The van der Waals surface area contributed by atoms with Crippen molar-refractivity contribution in [3.8, 4) is 0 Å². The van der Waals surface area contributed by atoms with Crippen LogP contribution in [0.15, 0.2) is 41.3 Å². The van der Waals surface area contributed by atoms with E-state index >= 15 is 0 Å². The minimum atomic E-state index is -3.66. The van der Waals surface area contributed by atoms with Gasteiger partial charge in [-0.15, -0.1) is 0 Å². The van der Waals surface area contributed by atoms with Gasteiger partial charge in [-0.05, 0) is 37.8 Å². The highest BCUT2D eigenvalue weighted by Crippen LogP contribution is 2.23. The Kier molecular flexibility index (Phi) is 5.58. The van der Waals surface area contributed by atoms with Crippen molar-refractivity contribution in [2.45, 2.75) is 31.1 Å². The molecule has 1 unspecified atom stereocenters. The van der Waals surface area contributed by atoms with Crippen LogP contribution in [0.1, 0.15) is 36.5 Å². The Morgan fingerprint density at radius 3 is 2.50 bits per heavy atom. The van der Waals surface area contributed by atoms with E-state index in [1.165, 1.54) is 23.4 Å². The number of ketones is 1. The highest BCUT2D eigenvalue weighted by atomic mass is 32.2. The number of hydrogen-bond donors (Lipinski definition) is 0. The Balaban J connectivity index is 1.63. The van der Waals surface area contributed by atoms with Crippen LogP contribution in [0.5, 0.6) is 0 Å². The molecule has 0 saturated carbocycles. The summed E-state index contributed by atoms with van der Waals surface area (Å²) >= 11 is 0. The first-order valence-corrected chi connectivity index (χ1v) is 10.4. The molecule has 1 atom stereocenters. The molecule has 3 rings (SSSR count). The quantitative estimate of drug-likeness (QED) is 0.582. The number of Topliss-reactive ketones (excluding diaryl/α,β-unsaturated/α-hetero) is 1. The lowest BCUT2D eigenvalue weighted by atomic mass is 10.0. The lowest BCUT2D eigenvalue weighted by molar-refractivity contribution is -0.133. The number of benzene rings is 1. The molecule has 1 aliphatic heterocycles. The summed E-state index contributed by atoms with van der Waals surface area (Å²) in [6.45, 7) is 2.77. The highest BCUT2D eigenvalue weighted by molar-refractivity contribution is 7.89. The minimum absolute atomic E-state index is 0.0946. The standard InChI is InChI=1S/C19H24N2O4S/c1-15(22)17-7-4-8-18(14-17)26(24,25)21-11-9-20(10-12-21)19(23)13-16-5-2-3-6-16/h2,4-5,7-8,14,16H,3,6,9-13H2,1H3. The molecule has 1 amide bonds. The Hall–Kier alpha value is -1.99. The van der Waals surface area contributed by atoms with E-state index in [1.54, 1.807) is 17.0 Å². The molecule has 1 fully saturated rings. The number of allylic oxidation sites excluding steroid dienone is 2. The number of amides is 1. The summed E-state index contributed by atoms with van der Waals surface area (Å²) in [7, 11) is -3.66. The van der Waals surface area contributed by atoms with E-state index in [2.05, 4.69) is 12.2 Å². The molecular weight excluding hydrogens is 352 g/mol. The van der Waals surface area contributed by atoms with Gasteiger partial charge in [-0.1, -0.05) is 24.3 Å². The van der Waals surface area contributed by atoms with Gasteiger partial charge in [0, 0.05) is 38.2 Å². The Bertz CT molecular complexity index is 824. The zero-order valence-electron chi connectivity index (χ0n) is 14.9. The van der Waals surface area contributed by atoms with Gasteiger partial charge >= 0.3 is 0 Å². The maximum atomic E-state index is 12.8. The van der Waals surface area contributed by atoms with E-state index in [0.29, 0.717) is 31.0 Å². The van der Waals surface area contributed by atoms with Crippen LogP contribution < -0.4 is 0 Å². The Labute approximate surface area is 154 Å². The number of hydrogen-bond acceptors (Lipinski definition) is 4. The van der Waals surface area contributed by atoms with Crippen LogP contribution in [0.2, 0.25) is 0 Å². The normalized spacial score (nSPS) is 21.1. The van der Waals surface area contributed by atoms with Crippen molar-refractivity contribution in [2.24, 2.45) is 5.92 Å². The van der Waals surface area contributed by atoms with Gasteiger partial charge in [-0.2, -0.15) is 4.31 Å². The van der Waals surface area contributed by atoms with Gasteiger partial charge in [0.15, 0.2) is 5.78 Å². The molecule has 1 heterocycles. The van der Waals surface area contributed by atoms with Crippen molar-refractivity contribution in [2.75, 3.05) is 26.2 Å². The topological polar surface area (TPSA) is 74.8 Å². The first-order valence-electron chi connectivity index (χ1n) is 8.93. The average Bonchev–Trinajstić information content (AvgIpc) is 3.15. The second-order valence-corrected chi connectivity index (χ2v) is 8.78. The molecule has 26 heavy (non-hydrogen) atoms. The van der Waals surface area contributed by atoms with E-state index in [0.717, 1.165) is 12.8 Å². The van der Waals surface area contributed by atoms with Crippen molar-refractivity contribution < 1.29 is 18.0 Å². The molecule has 1 aromatic carbocycles. The van der Waals surface area contributed by atoms with Crippen molar-refractivity contribution in [3.05, 3.63) is 42.0 Å². The minimum Gasteiger partial charge on any atom is -0.340 e. The number of rotatable bonds is 5. The van der Waals surface area contributed by atoms with Crippen molar-refractivity contribution >= 4 is 21.7 Å². The molecule has 0 aromatic heterocycles. The molecule has 0 N–H and O–H groups in total. The fourth-order valence-corrected chi connectivity index (χ4v) is 4.89. The van der Waals surface area contributed by atoms with Crippen LogP contribution in [-0.4, -0.2) is 55.5 Å². The molecular formula is C19H24N2O4S. The summed E-state index contributed by atoms with van der Waals surface area (Å²) in [5.41, 5.74) is 0.379. The first-order chi connectivity index (χ1) is 12.4. The van der Waals surface area contributed by atoms with Gasteiger partial charge in [0.05, 0.1) is 4.90 Å². The van der Waals surface area contributed by atoms with E-state index in [4.69, 9.17) is 0 Å². The SMILES string of the molecule is CC(=O)c1cccc(S(=O)(=O)N2CCN(C(=O)CC3C=CCC3)CC2)c1. The molecule has 0 bridgehead atoms. The predicted octanol–water partition coefficient (Wildman–Crippen LogP) is 2.08. The second kappa shape index (κ2) is 7.72. The summed E-state index contributed by atoms with van der Waals surface area (Å²) in [5, 5.41) is 0. The zero-order valence-corrected chi connectivity index (χ0v) is 15.7. The maximum Gasteiger partial charge on any atom is 0.243 e. The van der Waals surface area contributed by atoms with Crippen molar-refractivity contribution in [1.29, 1.82) is 0 Å². The number of carbonyl (C=O) groups excluding carboxylic acids is 2. The van der Waals surface area contributed by atoms with Gasteiger partial charge in [0.1, 0.15) is 0 Å². The molecule has 2 aliphatic rings. The van der Waals surface area contributed by atoms with Crippen LogP contribution in [0.4, 0.5) is 0 Å². The molecule has 1 aliphatic carbocycles. The number of nitrogens with zero attached hydrogens (tertiary/aromatic N) is 2. The fraction of sp³-hybridized carbons (Fsp3) is 0.474. The van der Waals surface area contributed by atoms with Crippen molar-refractivity contribution in [1.82, 2.24) is 9.21 Å². The van der Waals surface area contributed by atoms with Gasteiger partial charge in [-0.25, -0.2) is 8.42 Å². The molecule has 140 valence electrons. The fourth-order valence-electron chi connectivity index (χ4n) is 3.42. The maximum absolute atomic E-state index is 12.8. The van der Waals surface area contributed by atoms with Gasteiger partial charge in [-0.3, -0.25) is 9.59 Å². The lowest BCUT2D eigenvalue weighted by Crippen LogP contribution is -2.50. The predicted molar refractivity (Wildman–Crippen MR) is 98.3 cm³/mol. The summed E-state index contributed by atoms with van der Waals surface area (Å²) in [6, 6.07) is 6.11. The van der Waals surface area contributed by atoms with Crippen LogP contribution in [0.25, 0.3) is 0 Å². The molecule has 0 radical (unpaired) electrons. The van der Waals surface area contributed by atoms with Crippen LogP contribution >= 0.6 is 0 Å². The molecule has 6 nitrogen and oxygen atoms in total. The summed E-state index contributed by atoms with van der Waals surface area (Å²) < 4.78 is 27.0. The largest absolute Gasteiger partial charge is 0.340 e. The third-order valence-corrected chi connectivity index (χ3v) is 6.91. The number of sulfonamides is 1. The van der Waals surface area contributed by atoms with Gasteiger partial charge in [0.2, 0.25) is 15.9 Å². The van der Waals surface area contributed by atoms with Crippen LogP contribution in [0.3, 0.4) is 0 Å². The average molecular weight is 376 g/mol. The number of carbonyl (C=O) groups is 2. The summed E-state index contributed by atoms with van der Waals surface area (Å²) in [5.74, 6) is 0.245. The van der Waals surface area contributed by atoms with E-state index < -0.39 is 10.0 Å². The van der Waals surface area contributed by atoms with E-state index in [1.807, 2.05) is 0 Å². The third-order valence-electron chi connectivity index (χ3n) is 5.02. The molecule has 1 saturated heterocycles. The van der Waals surface area contributed by atoms with Crippen molar-refractivity contribution in [3.63, 3.8) is 0 Å². The smallest absolute Gasteiger partial charge is 0.243 e. The van der Waals surface area contributed by atoms with Gasteiger partial charge < -0.3 is 4.90 Å². The lowest BCUT2D eigenvalue weighted by Gasteiger charge is -2.34. The third kappa shape index (κ3) is 4.04. The van der Waals surface area contributed by atoms with Gasteiger partial charge in [0.25, 0.3) is 0 Å². The van der Waals surface area contributed by atoms with Crippen LogP contribution in [0, 0.1) is 5.92 Å². The zero-order chi connectivity index (χ0) is 18.7. The Morgan fingerprint density at radius 1 is 1.15 bits per heavy atom. The van der Waals surface area contributed by atoms with E-state index in [-0.39, 0.29) is 29.7 Å². The monoisotopic (exact) mass is 376 g/mol. The summed E-state index contributed by atoms with van der Waals surface area (Å²) in [4.78, 5) is 25.8. The highest BCUT2D eigenvalue weighted by Gasteiger charge is 2.31. The summed E-state index contributed by atoms with van der Waals surface area (Å²) in [6.07, 6.45) is 6.76. The van der Waals surface area contributed by atoms with Crippen LogP contribution in [-0.2, 0) is 14.8 Å². The molecule has 7 heteroatoms. The number of piperazine rings is 1. The van der Waals surface area contributed by atoms with E-state index in [9.17, 15) is 18.0 Å². The second-order valence-electron chi connectivity index (χ2n) is 6.84. The molecule has 1 aromatic rings. The first kappa shape index (κ1) is 18.8. The molecule has 0 spiro atoms. The Morgan fingerprint density at radius 2 is 1.88 bits per heavy atom.